The van der Waals surface area contributed by atoms with Crippen LogP contribution in [0.25, 0.3) is 22.6 Å². The normalized spacial score (nSPS) is 10.3. The number of pyridine rings is 1. The number of hydrogen-bond acceptors (Lipinski definition) is 3. The molecular formula is C15H11N3O. The van der Waals surface area contributed by atoms with Crippen molar-refractivity contribution in [1.82, 2.24) is 15.0 Å². The molecule has 3 aromatic rings. The van der Waals surface area contributed by atoms with Gasteiger partial charge in [0, 0.05) is 29.6 Å². The van der Waals surface area contributed by atoms with Crippen LogP contribution in [0, 0.1) is 0 Å². The van der Waals surface area contributed by atoms with E-state index in [2.05, 4.69) is 15.0 Å². The number of benzene rings is 1. The quantitative estimate of drug-likeness (QED) is 0.759. The fourth-order valence-corrected chi connectivity index (χ4v) is 1.85. The van der Waals surface area contributed by atoms with E-state index >= 15 is 0 Å². The molecule has 0 spiro atoms. The van der Waals surface area contributed by atoms with Crippen molar-refractivity contribution < 1.29 is 0 Å². The van der Waals surface area contributed by atoms with E-state index in [4.69, 9.17) is 0 Å². The Kier molecular flexibility index (Phi) is 2.90. The van der Waals surface area contributed by atoms with Crippen LogP contribution in [0.3, 0.4) is 0 Å². The van der Waals surface area contributed by atoms with Crippen LogP contribution in [-0.2, 0) is 0 Å². The van der Waals surface area contributed by atoms with E-state index in [-0.39, 0.29) is 5.56 Å². The van der Waals surface area contributed by atoms with Crippen LogP contribution in [0.1, 0.15) is 0 Å². The highest BCUT2D eigenvalue weighted by Gasteiger charge is 2.05. The molecule has 0 saturated carbocycles. The zero-order valence-electron chi connectivity index (χ0n) is 10.1. The Morgan fingerprint density at radius 3 is 2.47 bits per heavy atom. The summed E-state index contributed by atoms with van der Waals surface area (Å²) >= 11 is 0. The fourth-order valence-electron chi connectivity index (χ4n) is 1.85. The smallest absolute Gasteiger partial charge is 0.251 e. The maximum Gasteiger partial charge on any atom is 0.251 e. The van der Waals surface area contributed by atoms with Crippen molar-refractivity contribution in [2.24, 2.45) is 0 Å². The monoisotopic (exact) mass is 249 g/mol. The van der Waals surface area contributed by atoms with E-state index in [1.54, 1.807) is 12.4 Å². The van der Waals surface area contributed by atoms with Gasteiger partial charge in [-0.05, 0) is 12.1 Å². The molecule has 4 nitrogen and oxygen atoms in total. The van der Waals surface area contributed by atoms with E-state index in [0.29, 0.717) is 11.5 Å². The lowest BCUT2D eigenvalue weighted by atomic mass is 10.1. The summed E-state index contributed by atoms with van der Waals surface area (Å²) in [5.74, 6) is 0.527. The van der Waals surface area contributed by atoms with Crippen LogP contribution in [0.2, 0.25) is 0 Å². The average Bonchev–Trinajstić information content (AvgIpc) is 2.48. The fraction of sp³-hybridized carbons (Fsp3) is 0. The first-order valence-corrected chi connectivity index (χ1v) is 5.90. The standard InChI is InChI=1S/C15H11N3O/c19-14-9-13(11-5-2-1-3-6-11)17-15(18-14)12-7-4-8-16-10-12/h1-10H,(H,17,18,19). The van der Waals surface area contributed by atoms with Gasteiger partial charge < -0.3 is 4.98 Å². The minimum absolute atomic E-state index is 0.173. The zero-order chi connectivity index (χ0) is 13.1. The van der Waals surface area contributed by atoms with Gasteiger partial charge in [0.25, 0.3) is 5.56 Å². The third-order valence-electron chi connectivity index (χ3n) is 2.75. The molecule has 2 heterocycles. The zero-order valence-corrected chi connectivity index (χ0v) is 10.1. The maximum atomic E-state index is 11.7. The van der Waals surface area contributed by atoms with E-state index in [1.807, 2.05) is 42.5 Å². The highest BCUT2D eigenvalue weighted by atomic mass is 16.1. The molecule has 0 aliphatic heterocycles. The number of H-pyrrole nitrogens is 1. The Labute approximate surface area is 109 Å². The molecule has 92 valence electrons. The van der Waals surface area contributed by atoms with Crippen LogP contribution < -0.4 is 5.56 Å². The first-order chi connectivity index (χ1) is 9.33. The summed E-state index contributed by atoms with van der Waals surface area (Å²) < 4.78 is 0. The van der Waals surface area contributed by atoms with Gasteiger partial charge in [0.1, 0.15) is 5.82 Å². The first kappa shape index (κ1) is 11.3. The molecule has 2 aromatic heterocycles. The number of rotatable bonds is 2. The van der Waals surface area contributed by atoms with E-state index in [0.717, 1.165) is 11.1 Å². The Morgan fingerprint density at radius 1 is 0.947 bits per heavy atom. The van der Waals surface area contributed by atoms with Crippen LogP contribution in [0.5, 0.6) is 0 Å². The molecule has 0 unspecified atom stereocenters. The third kappa shape index (κ3) is 2.42. The summed E-state index contributed by atoms with van der Waals surface area (Å²) in [6.45, 7) is 0. The highest BCUT2D eigenvalue weighted by Crippen LogP contribution is 2.18. The minimum atomic E-state index is -0.173. The lowest BCUT2D eigenvalue weighted by molar-refractivity contribution is 1.12. The molecule has 1 aromatic carbocycles. The molecule has 0 bridgehead atoms. The van der Waals surface area contributed by atoms with Gasteiger partial charge in [-0.25, -0.2) is 4.98 Å². The Bertz CT molecular complexity index is 675. The summed E-state index contributed by atoms with van der Waals surface area (Å²) in [5, 5.41) is 0. The van der Waals surface area contributed by atoms with Crippen molar-refractivity contribution in [3.63, 3.8) is 0 Å². The molecule has 0 fully saturated rings. The van der Waals surface area contributed by atoms with Gasteiger partial charge in [-0.15, -0.1) is 0 Å². The van der Waals surface area contributed by atoms with E-state index < -0.39 is 0 Å². The topological polar surface area (TPSA) is 58.6 Å². The molecule has 0 amide bonds. The van der Waals surface area contributed by atoms with Gasteiger partial charge in [-0.3, -0.25) is 9.78 Å². The lowest BCUT2D eigenvalue weighted by Gasteiger charge is -2.04. The van der Waals surface area contributed by atoms with Crippen LogP contribution in [0.15, 0.2) is 65.7 Å². The number of aromatic amines is 1. The molecule has 0 radical (unpaired) electrons. The Morgan fingerprint density at radius 2 is 1.74 bits per heavy atom. The number of nitrogens with zero attached hydrogens (tertiary/aromatic N) is 2. The predicted octanol–water partition coefficient (Wildman–Crippen LogP) is 2.50. The molecule has 19 heavy (non-hydrogen) atoms. The summed E-state index contributed by atoms with van der Waals surface area (Å²) in [6, 6.07) is 14.8. The summed E-state index contributed by atoms with van der Waals surface area (Å²) in [4.78, 5) is 23.0. The SMILES string of the molecule is O=c1cc(-c2ccccc2)nc(-c2cccnc2)[nH]1. The van der Waals surface area contributed by atoms with Crippen LogP contribution in [0.4, 0.5) is 0 Å². The van der Waals surface area contributed by atoms with Crippen molar-refractivity contribution >= 4 is 0 Å². The molecule has 0 atom stereocenters. The largest absolute Gasteiger partial charge is 0.306 e. The van der Waals surface area contributed by atoms with E-state index in [9.17, 15) is 4.79 Å². The second kappa shape index (κ2) is 4.86. The average molecular weight is 249 g/mol. The first-order valence-electron chi connectivity index (χ1n) is 5.90. The molecular weight excluding hydrogens is 238 g/mol. The van der Waals surface area contributed by atoms with Gasteiger partial charge in [0.2, 0.25) is 0 Å². The van der Waals surface area contributed by atoms with Crippen molar-refractivity contribution in [2.45, 2.75) is 0 Å². The molecule has 0 aliphatic rings. The van der Waals surface area contributed by atoms with Gasteiger partial charge in [0.05, 0.1) is 5.69 Å². The van der Waals surface area contributed by atoms with Crippen LogP contribution in [-0.4, -0.2) is 15.0 Å². The summed E-state index contributed by atoms with van der Waals surface area (Å²) in [7, 11) is 0. The number of nitrogens with one attached hydrogen (secondary N) is 1. The van der Waals surface area contributed by atoms with Crippen molar-refractivity contribution in [1.29, 1.82) is 0 Å². The molecule has 0 aliphatic carbocycles. The summed E-state index contributed by atoms with van der Waals surface area (Å²) in [5.41, 5.74) is 2.19. The van der Waals surface area contributed by atoms with Gasteiger partial charge >= 0.3 is 0 Å². The van der Waals surface area contributed by atoms with Crippen molar-refractivity contribution in [2.75, 3.05) is 0 Å². The van der Waals surface area contributed by atoms with Gasteiger partial charge in [-0.2, -0.15) is 0 Å². The van der Waals surface area contributed by atoms with Gasteiger partial charge in [-0.1, -0.05) is 30.3 Å². The Balaban J connectivity index is 2.15. The van der Waals surface area contributed by atoms with Crippen molar-refractivity contribution in [3.05, 3.63) is 71.3 Å². The van der Waals surface area contributed by atoms with Gasteiger partial charge in [0.15, 0.2) is 0 Å². The molecule has 1 N–H and O–H groups in total. The lowest BCUT2D eigenvalue weighted by Crippen LogP contribution is -2.08. The van der Waals surface area contributed by atoms with E-state index in [1.165, 1.54) is 6.07 Å². The number of aromatic nitrogens is 3. The maximum absolute atomic E-state index is 11.7. The molecule has 4 heteroatoms. The third-order valence-corrected chi connectivity index (χ3v) is 2.75. The molecule has 0 saturated heterocycles. The number of hydrogen-bond donors (Lipinski definition) is 1. The Hall–Kier alpha value is -2.75. The molecule has 3 rings (SSSR count). The summed E-state index contributed by atoms with van der Waals surface area (Å²) in [6.07, 6.45) is 3.36. The predicted molar refractivity (Wildman–Crippen MR) is 73.5 cm³/mol. The van der Waals surface area contributed by atoms with Crippen molar-refractivity contribution in [3.8, 4) is 22.6 Å². The minimum Gasteiger partial charge on any atom is -0.306 e. The van der Waals surface area contributed by atoms with Crippen LogP contribution >= 0.6 is 0 Å². The highest BCUT2D eigenvalue weighted by molar-refractivity contribution is 5.62. The second-order valence-electron chi connectivity index (χ2n) is 4.09. The second-order valence-corrected chi connectivity index (χ2v) is 4.09.